The molecule has 0 radical (unpaired) electrons. The van der Waals surface area contributed by atoms with Gasteiger partial charge < -0.3 is 20.8 Å². The highest BCUT2D eigenvalue weighted by Crippen LogP contribution is 2.37. The molecule has 0 spiro atoms. The molecular formula is C24H22N6O3S. The summed E-state index contributed by atoms with van der Waals surface area (Å²) in [4.78, 5) is 40.1. The first kappa shape index (κ1) is 21.9. The normalized spacial score (nSPS) is 15.1. The van der Waals surface area contributed by atoms with Crippen molar-refractivity contribution in [3.8, 4) is 22.4 Å². The molecule has 34 heavy (non-hydrogen) atoms. The number of hydrogen-bond donors (Lipinski definition) is 3. The van der Waals surface area contributed by atoms with E-state index in [4.69, 9.17) is 10.5 Å². The summed E-state index contributed by atoms with van der Waals surface area (Å²) in [5, 5.41) is 4.72. The van der Waals surface area contributed by atoms with E-state index >= 15 is 0 Å². The first-order chi connectivity index (χ1) is 16.5. The molecule has 9 nitrogen and oxygen atoms in total. The quantitative estimate of drug-likeness (QED) is 0.404. The maximum absolute atomic E-state index is 13.6. The monoisotopic (exact) mass is 474 g/mol. The minimum absolute atomic E-state index is 0.122. The number of nitrogen functional groups attached to an aromatic ring is 1. The lowest BCUT2D eigenvalue weighted by molar-refractivity contribution is -0.125. The number of benzene rings is 1. The molecule has 0 bridgehead atoms. The fourth-order valence-corrected chi connectivity index (χ4v) is 4.71. The summed E-state index contributed by atoms with van der Waals surface area (Å²) in [6, 6.07) is 11.4. The average Bonchev–Trinajstić information content (AvgIpc) is 3.32. The van der Waals surface area contributed by atoms with E-state index in [1.807, 2.05) is 30.3 Å². The number of aromatic amines is 1. The van der Waals surface area contributed by atoms with Gasteiger partial charge in [0.2, 0.25) is 11.9 Å². The van der Waals surface area contributed by atoms with Gasteiger partial charge in [0.1, 0.15) is 5.82 Å². The summed E-state index contributed by atoms with van der Waals surface area (Å²) in [5.74, 6) is 0.555. The van der Waals surface area contributed by atoms with Crippen molar-refractivity contribution in [1.29, 1.82) is 0 Å². The Morgan fingerprint density at radius 2 is 1.65 bits per heavy atom. The molecule has 5 rings (SSSR count). The van der Waals surface area contributed by atoms with Crippen LogP contribution in [0.4, 0.5) is 11.8 Å². The Labute approximate surface area is 199 Å². The molecule has 0 aliphatic carbocycles. The number of thiazole rings is 1. The molecule has 4 aromatic rings. The largest absolute Gasteiger partial charge is 0.381 e. The predicted octanol–water partition coefficient (Wildman–Crippen LogP) is 3.22. The Kier molecular flexibility index (Phi) is 5.91. The number of H-pyrrole nitrogens is 1. The number of amides is 1. The van der Waals surface area contributed by atoms with Crippen LogP contribution >= 0.6 is 11.3 Å². The van der Waals surface area contributed by atoms with Crippen molar-refractivity contribution in [1.82, 2.24) is 19.9 Å². The van der Waals surface area contributed by atoms with Crippen LogP contribution in [0.3, 0.4) is 0 Å². The van der Waals surface area contributed by atoms with Gasteiger partial charge >= 0.3 is 4.87 Å². The second-order valence-electron chi connectivity index (χ2n) is 8.05. The van der Waals surface area contributed by atoms with Crippen LogP contribution < -0.4 is 15.9 Å². The molecule has 10 heteroatoms. The van der Waals surface area contributed by atoms with Gasteiger partial charge in [0.25, 0.3) is 0 Å². The van der Waals surface area contributed by atoms with E-state index in [-0.39, 0.29) is 16.7 Å². The summed E-state index contributed by atoms with van der Waals surface area (Å²) in [6.45, 7) is 0.998. The molecule has 0 unspecified atom stereocenters. The van der Waals surface area contributed by atoms with Gasteiger partial charge in [-0.25, -0.2) is 15.0 Å². The average molecular weight is 475 g/mol. The molecule has 4 heterocycles. The first-order valence-electron chi connectivity index (χ1n) is 10.8. The van der Waals surface area contributed by atoms with Crippen LogP contribution in [0.2, 0.25) is 0 Å². The number of rotatable bonds is 5. The minimum atomic E-state index is -0.729. The van der Waals surface area contributed by atoms with Crippen molar-refractivity contribution in [2.45, 2.75) is 18.3 Å². The summed E-state index contributed by atoms with van der Waals surface area (Å²) in [6.07, 6.45) is 6.12. The fraction of sp³-hybridized carbons (Fsp3) is 0.208. The SMILES string of the molecule is Nc1ncc(-c2ccc(C3(C(=O)Nc4ccc(-c5csc(=O)[nH]5)cn4)CCOCC3)cc2)cn1. The van der Waals surface area contributed by atoms with E-state index in [1.54, 1.807) is 30.0 Å². The Morgan fingerprint density at radius 1 is 0.971 bits per heavy atom. The standard InChI is InChI=1S/C24H22N6O3S/c25-22-27-12-17(13-28-22)15-1-4-18(5-2-15)24(7-9-33-10-8-24)21(31)30-20-6-3-16(11-26-20)19-14-34-23(32)29-19/h1-6,11-14H,7-10H2,(H,29,32)(H2,25,27,28)(H,26,30,31). The molecule has 1 aliphatic heterocycles. The molecule has 3 aromatic heterocycles. The van der Waals surface area contributed by atoms with Gasteiger partial charge in [0.15, 0.2) is 0 Å². The third-order valence-corrected chi connectivity index (χ3v) is 6.73. The fourth-order valence-electron chi connectivity index (χ4n) is 4.12. The van der Waals surface area contributed by atoms with Gasteiger partial charge in [-0.2, -0.15) is 0 Å². The molecule has 0 atom stereocenters. The lowest BCUT2D eigenvalue weighted by Gasteiger charge is -2.36. The van der Waals surface area contributed by atoms with Crippen LogP contribution in [0, 0.1) is 0 Å². The van der Waals surface area contributed by atoms with E-state index < -0.39 is 5.41 Å². The first-order valence-corrected chi connectivity index (χ1v) is 11.6. The molecule has 1 aromatic carbocycles. The van der Waals surface area contributed by atoms with E-state index in [2.05, 4.69) is 25.3 Å². The van der Waals surface area contributed by atoms with Crippen molar-refractivity contribution in [2.75, 3.05) is 24.3 Å². The Morgan fingerprint density at radius 3 is 2.26 bits per heavy atom. The number of nitrogens with two attached hydrogens (primary N) is 1. The summed E-state index contributed by atoms with van der Waals surface area (Å²) in [5.41, 5.74) is 9.04. The molecule has 1 aliphatic rings. The highest BCUT2D eigenvalue weighted by atomic mass is 32.1. The van der Waals surface area contributed by atoms with E-state index in [0.29, 0.717) is 37.6 Å². The molecule has 4 N–H and O–H groups in total. The second kappa shape index (κ2) is 9.16. The zero-order valence-electron chi connectivity index (χ0n) is 18.2. The number of anilines is 2. The van der Waals surface area contributed by atoms with Crippen LogP contribution in [0.25, 0.3) is 22.4 Å². The smallest absolute Gasteiger partial charge is 0.304 e. The zero-order chi connectivity index (χ0) is 23.5. The van der Waals surface area contributed by atoms with E-state index in [1.165, 1.54) is 0 Å². The lowest BCUT2D eigenvalue weighted by Crippen LogP contribution is -2.45. The van der Waals surface area contributed by atoms with E-state index in [0.717, 1.165) is 33.6 Å². The van der Waals surface area contributed by atoms with Gasteiger partial charge in [0.05, 0.1) is 11.1 Å². The number of nitrogens with one attached hydrogen (secondary N) is 2. The van der Waals surface area contributed by atoms with Crippen molar-refractivity contribution in [3.63, 3.8) is 0 Å². The highest BCUT2D eigenvalue weighted by molar-refractivity contribution is 7.07. The molecule has 1 saturated heterocycles. The maximum Gasteiger partial charge on any atom is 0.304 e. The van der Waals surface area contributed by atoms with Crippen LogP contribution in [-0.4, -0.2) is 39.1 Å². The Bertz CT molecular complexity index is 1340. The third kappa shape index (κ3) is 4.33. The molecule has 0 saturated carbocycles. The van der Waals surface area contributed by atoms with Crippen LogP contribution in [-0.2, 0) is 14.9 Å². The summed E-state index contributed by atoms with van der Waals surface area (Å²) in [7, 11) is 0. The molecule has 1 amide bonds. The topological polar surface area (TPSA) is 136 Å². The van der Waals surface area contributed by atoms with Gasteiger partial charge in [-0.15, -0.1) is 0 Å². The number of aromatic nitrogens is 4. The number of carbonyl (C=O) groups excluding carboxylic acids is 1. The van der Waals surface area contributed by atoms with Crippen LogP contribution in [0.1, 0.15) is 18.4 Å². The van der Waals surface area contributed by atoms with Crippen LogP contribution in [0.5, 0.6) is 0 Å². The van der Waals surface area contributed by atoms with Crippen molar-refractivity contribution < 1.29 is 9.53 Å². The Balaban J connectivity index is 1.38. The van der Waals surface area contributed by atoms with Crippen LogP contribution in [0.15, 0.2) is 65.2 Å². The predicted molar refractivity (Wildman–Crippen MR) is 130 cm³/mol. The summed E-state index contributed by atoms with van der Waals surface area (Å²) < 4.78 is 5.57. The van der Waals surface area contributed by atoms with Gasteiger partial charge in [-0.3, -0.25) is 9.59 Å². The maximum atomic E-state index is 13.6. The van der Waals surface area contributed by atoms with Gasteiger partial charge in [0, 0.05) is 48.3 Å². The molecular weight excluding hydrogens is 452 g/mol. The van der Waals surface area contributed by atoms with E-state index in [9.17, 15) is 9.59 Å². The molecule has 1 fully saturated rings. The number of nitrogens with zero attached hydrogens (tertiary/aromatic N) is 3. The van der Waals surface area contributed by atoms with Gasteiger partial charge in [-0.05, 0) is 36.1 Å². The van der Waals surface area contributed by atoms with Crippen molar-refractivity contribution >= 4 is 29.0 Å². The minimum Gasteiger partial charge on any atom is -0.381 e. The zero-order valence-corrected chi connectivity index (χ0v) is 19.0. The lowest BCUT2D eigenvalue weighted by atomic mass is 9.73. The highest BCUT2D eigenvalue weighted by Gasteiger charge is 2.42. The van der Waals surface area contributed by atoms with Crippen molar-refractivity contribution in [3.05, 3.63) is 75.6 Å². The third-order valence-electron chi connectivity index (χ3n) is 6.06. The molecule has 172 valence electrons. The number of carbonyl (C=O) groups is 1. The Hall–Kier alpha value is -3.89. The van der Waals surface area contributed by atoms with Gasteiger partial charge in [-0.1, -0.05) is 35.6 Å². The summed E-state index contributed by atoms with van der Waals surface area (Å²) >= 11 is 1.10. The number of hydrogen-bond acceptors (Lipinski definition) is 8. The number of ether oxygens (including phenoxy) is 1. The second-order valence-corrected chi connectivity index (χ2v) is 8.89. The van der Waals surface area contributed by atoms with Crippen molar-refractivity contribution in [2.24, 2.45) is 0 Å². The number of pyridine rings is 1.